The Morgan fingerprint density at radius 1 is 1.54 bits per heavy atom. The summed E-state index contributed by atoms with van der Waals surface area (Å²) in [5.41, 5.74) is 0.868. The number of pyridine rings is 1. The highest BCUT2D eigenvalue weighted by Crippen LogP contribution is 2.15. The summed E-state index contributed by atoms with van der Waals surface area (Å²) in [5.74, 6) is 0. The van der Waals surface area contributed by atoms with Gasteiger partial charge in [0.15, 0.2) is 0 Å². The normalized spacial score (nSPS) is 21.0. The Hall–Kier alpha value is -1.10. The van der Waals surface area contributed by atoms with Crippen molar-refractivity contribution in [3.8, 4) is 0 Å². The number of carbonyl (C=O) groups excluding carboxylic acids is 1. The number of nitrogens with one attached hydrogen (secondary N) is 2. The molecule has 0 radical (unpaired) electrons. The van der Waals surface area contributed by atoms with Gasteiger partial charge in [0, 0.05) is 6.54 Å². The molecule has 1 aliphatic heterocycles. The summed E-state index contributed by atoms with van der Waals surface area (Å²) in [4.78, 5) is 15.1. The Kier molecular flexibility index (Phi) is 2.18. The van der Waals surface area contributed by atoms with E-state index in [-0.39, 0.29) is 12.1 Å². The molecule has 1 aromatic heterocycles. The summed E-state index contributed by atoms with van der Waals surface area (Å²) < 4.78 is 0.783. The van der Waals surface area contributed by atoms with Crippen LogP contribution in [0.3, 0.4) is 0 Å². The first-order valence-corrected chi connectivity index (χ1v) is 4.72. The molecule has 0 bridgehead atoms. The van der Waals surface area contributed by atoms with Crippen molar-refractivity contribution < 1.29 is 4.79 Å². The van der Waals surface area contributed by atoms with Crippen LogP contribution in [0.15, 0.2) is 22.8 Å². The Morgan fingerprint density at radius 3 is 3.00 bits per heavy atom. The van der Waals surface area contributed by atoms with E-state index in [0.29, 0.717) is 6.54 Å². The van der Waals surface area contributed by atoms with Gasteiger partial charge in [-0.1, -0.05) is 6.07 Å². The first-order chi connectivity index (χ1) is 6.25. The molecule has 0 saturated carbocycles. The molecule has 1 atom stereocenters. The van der Waals surface area contributed by atoms with Crippen LogP contribution in [0.1, 0.15) is 11.7 Å². The largest absolute Gasteiger partial charge is 0.336 e. The van der Waals surface area contributed by atoms with Crippen LogP contribution in [-0.4, -0.2) is 17.6 Å². The van der Waals surface area contributed by atoms with Crippen molar-refractivity contribution in [1.29, 1.82) is 0 Å². The minimum Gasteiger partial charge on any atom is -0.336 e. The topological polar surface area (TPSA) is 54.0 Å². The smallest absolute Gasteiger partial charge is 0.315 e. The average molecular weight is 242 g/mol. The molecule has 4 nitrogen and oxygen atoms in total. The van der Waals surface area contributed by atoms with Crippen molar-refractivity contribution in [2.45, 2.75) is 6.04 Å². The van der Waals surface area contributed by atoms with Crippen LogP contribution in [0, 0.1) is 0 Å². The van der Waals surface area contributed by atoms with Crippen molar-refractivity contribution in [2.24, 2.45) is 0 Å². The number of hydrogen-bond donors (Lipinski definition) is 2. The average Bonchev–Trinajstić information content (AvgIpc) is 2.52. The third kappa shape index (κ3) is 1.80. The van der Waals surface area contributed by atoms with Gasteiger partial charge in [0.05, 0.1) is 11.7 Å². The standard InChI is InChI=1S/C8H8BrN3O/c9-7-3-1-2-5(11-7)6-4-10-8(13)12-6/h1-3,6H,4H2,(H2,10,12,13)/t6-/m1/s1. The van der Waals surface area contributed by atoms with E-state index in [4.69, 9.17) is 0 Å². The number of rotatable bonds is 1. The van der Waals surface area contributed by atoms with Gasteiger partial charge in [0.1, 0.15) is 4.60 Å². The first kappa shape index (κ1) is 8.50. The Bertz CT molecular complexity index is 342. The Labute approximate surface area is 83.9 Å². The predicted molar refractivity (Wildman–Crippen MR) is 51.2 cm³/mol. The third-order valence-electron chi connectivity index (χ3n) is 1.87. The monoisotopic (exact) mass is 241 g/mol. The van der Waals surface area contributed by atoms with Gasteiger partial charge in [-0.15, -0.1) is 0 Å². The zero-order valence-corrected chi connectivity index (χ0v) is 8.34. The molecule has 68 valence electrons. The number of urea groups is 1. The third-order valence-corrected chi connectivity index (χ3v) is 2.31. The molecule has 2 amide bonds. The molecule has 2 N–H and O–H groups in total. The second kappa shape index (κ2) is 3.33. The molecule has 1 aliphatic rings. The predicted octanol–water partition coefficient (Wildman–Crippen LogP) is 1.20. The molecule has 0 aromatic carbocycles. The highest BCUT2D eigenvalue weighted by atomic mass is 79.9. The van der Waals surface area contributed by atoms with Gasteiger partial charge in [-0.2, -0.15) is 0 Å². The highest BCUT2D eigenvalue weighted by molar-refractivity contribution is 9.10. The molecule has 1 aromatic rings. The van der Waals surface area contributed by atoms with Crippen molar-refractivity contribution in [3.63, 3.8) is 0 Å². The van der Waals surface area contributed by atoms with Crippen LogP contribution >= 0.6 is 15.9 Å². The SMILES string of the molecule is O=C1NC[C@H](c2cccc(Br)n2)N1. The lowest BCUT2D eigenvalue weighted by Crippen LogP contribution is -2.22. The van der Waals surface area contributed by atoms with Gasteiger partial charge in [-0.3, -0.25) is 0 Å². The minimum absolute atomic E-state index is 0.00926. The molecule has 13 heavy (non-hydrogen) atoms. The fourth-order valence-electron chi connectivity index (χ4n) is 1.25. The zero-order chi connectivity index (χ0) is 9.26. The molecular weight excluding hydrogens is 234 g/mol. The van der Waals surface area contributed by atoms with Gasteiger partial charge in [-0.25, -0.2) is 9.78 Å². The second-order valence-electron chi connectivity index (χ2n) is 2.79. The van der Waals surface area contributed by atoms with E-state index < -0.39 is 0 Å². The lowest BCUT2D eigenvalue weighted by atomic mass is 10.2. The molecule has 1 saturated heterocycles. The van der Waals surface area contributed by atoms with Crippen molar-refractivity contribution in [3.05, 3.63) is 28.5 Å². The molecule has 0 spiro atoms. The molecule has 2 rings (SSSR count). The summed E-state index contributed by atoms with van der Waals surface area (Å²) in [6, 6.07) is 5.50. The number of halogens is 1. The molecule has 1 fully saturated rings. The van der Waals surface area contributed by atoms with Crippen LogP contribution in [0.5, 0.6) is 0 Å². The number of carbonyl (C=O) groups is 1. The van der Waals surface area contributed by atoms with E-state index in [2.05, 4.69) is 31.5 Å². The van der Waals surface area contributed by atoms with Crippen molar-refractivity contribution >= 4 is 22.0 Å². The molecular formula is C8H8BrN3O. The second-order valence-corrected chi connectivity index (χ2v) is 3.60. The minimum atomic E-state index is -0.133. The van der Waals surface area contributed by atoms with Crippen LogP contribution < -0.4 is 10.6 Å². The van der Waals surface area contributed by atoms with Crippen LogP contribution in [-0.2, 0) is 0 Å². The van der Waals surface area contributed by atoms with E-state index in [0.717, 1.165) is 10.3 Å². The van der Waals surface area contributed by atoms with Crippen molar-refractivity contribution in [2.75, 3.05) is 6.54 Å². The summed E-state index contributed by atoms with van der Waals surface area (Å²) in [5, 5.41) is 5.45. The lowest BCUT2D eigenvalue weighted by Gasteiger charge is -2.07. The molecule has 0 aliphatic carbocycles. The van der Waals surface area contributed by atoms with Gasteiger partial charge in [0.25, 0.3) is 0 Å². The van der Waals surface area contributed by atoms with E-state index in [1.54, 1.807) is 0 Å². The highest BCUT2D eigenvalue weighted by Gasteiger charge is 2.22. The fraction of sp³-hybridized carbons (Fsp3) is 0.250. The fourth-order valence-corrected chi connectivity index (χ4v) is 1.61. The maximum atomic E-state index is 10.8. The molecule has 5 heteroatoms. The van der Waals surface area contributed by atoms with Crippen LogP contribution in [0.2, 0.25) is 0 Å². The number of aromatic nitrogens is 1. The summed E-state index contributed by atoms with van der Waals surface area (Å²) >= 11 is 3.28. The Balaban J connectivity index is 2.21. The molecule has 0 unspecified atom stereocenters. The number of amides is 2. The zero-order valence-electron chi connectivity index (χ0n) is 6.75. The number of nitrogens with zero attached hydrogens (tertiary/aromatic N) is 1. The number of hydrogen-bond acceptors (Lipinski definition) is 2. The van der Waals surface area contributed by atoms with Crippen molar-refractivity contribution in [1.82, 2.24) is 15.6 Å². The van der Waals surface area contributed by atoms with E-state index in [9.17, 15) is 4.79 Å². The van der Waals surface area contributed by atoms with Crippen LogP contribution in [0.4, 0.5) is 4.79 Å². The van der Waals surface area contributed by atoms with Gasteiger partial charge < -0.3 is 10.6 Å². The maximum Gasteiger partial charge on any atom is 0.315 e. The van der Waals surface area contributed by atoms with Gasteiger partial charge in [-0.05, 0) is 28.1 Å². The Morgan fingerprint density at radius 2 is 2.38 bits per heavy atom. The maximum absolute atomic E-state index is 10.8. The summed E-state index contributed by atoms with van der Waals surface area (Å²) in [7, 11) is 0. The quantitative estimate of drug-likeness (QED) is 0.727. The van der Waals surface area contributed by atoms with E-state index in [1.807, 2.05) is 18.2 Å². The van der Waals surface area contributed by atoms with Gasteiger partial charge >= 0.3 is 6.03 Å². The first-order valence-electron chi connectivity index (χ1n) is 3.92. The molecule has 2 heterocycles. The summed E-state index contributed by atoms with van der Waals surface area (Å²) in [6.07, 6.45) is 0. The van der Waals surface area contributed by atoms with Gasteiger partial charge in [0.2, 0.25) is 0 Å². The van der Waals surface area contributed by atoms with E-state index in [1.165, 1.54) is 0 Å². The van der Waals surface area contributed by atoms with Crippen LogP contribution in [0.25, 0.3) is 0 Å². The summed E-state index contributed by atoms with van der Waals surface area (Å²) in [6.45, 7) is 0.599. The van der Waals surface area contributed by atoms with E-state index >= 15 is 0 Å². The lowest BCUT2D eigenvalue weighted by molar-refractivity contribution is 0.247.